The van der Waals surface area contributed by atoms with Crippen molar-refractivity contribution in [3.8, 4) is 22.3 Å². The second kappa shape index (κ2) is 9.03. The van der Waals surface area contributed by atoms with Gasteiger partial charge in [-0.3, -0.25) is 0 Å². The maximum absolute atomic E-state index is 13.4. The van der Waals surface area contributed by atoms with Gasteiger partial charge in [0.15, 0.2) is 0 Å². The summed E-state index contributed by atoms with van der Waals surface area (Å²) in [6.07, 6.45) is 1.85. The molecule has 1 aromatic heterocycles. The van der Waals surface area contributed by atoms with Gasteiger partial charge in [-0.25, -0.2) is 0 Å². The monoisotopic (exact) mass is 629 g/mol. The number of hydrogen-bond donors (Lipinski definition) is 0. The van der Waals surface area contributed by atoms with Crippen molar-refractivity contribution in [3.63, 3.8) is 0 Å². The zero-order valence-electron chi connectivity index (χ0n) is 21.3. The number of para-hydroxylation sites is 2. The molecule has 0 radical (unpaired) electrons. The van der Waals surface area contributed by atoms with E-state index in [1.807, 2.05) is 42.5 Å². The van der Waals surface area contributed by atoms with Crippen molar-refractivity contribution in [2.75, 3.05) is 4.90 Å². The van der Waals surface area contributed by atoms with Crippen molar-refractivity contribution in [2.45, 2.75) is 0 Å². The van der Waals surface area contributed by atoms with E-state index in [0.717, 1.165) is 25.7 Å². The van der Waals surface area contributed by atoms with Gasteiger partial charge in [-0.05, 0) is 0 Å². The molecular weight excluding hydrogens is 606 g/mol. The van der Waals surface area contributed by atoms with E-state index in [1.54, 1.807) is 0 Å². The van der Waals surface area contributed by atoms with Crippen LogP contribution in [-0.4, -0.2) is 32.0 Å². The Hall–Kier alpha value is -4.49. The molecule has 188 valence electrons. The van der Waals surface area contributed by atoms with E-state index in [2.05, 4.69) is 89.8 Å². The van der Waals surface area contributed by atoms with Crippen LogP contribution in [0, 0.1) is 0 Å². The Morgan fingerprint density at radius 3 is 1.52 bits per heavy atom. The van der Waals surface area contributed by atoms with Gasteiger partial charge in [-0.1, -0.05) is 0 Å². The first-order valence-corrected chi connectivity index (χ1v) is 15.5. The number of rotatable bonds is 2. The van der Waals surface area contributed by atoms with Crippen LogP contribution in [0.15, 0.2) is 127 Å². The van der Waals surface area contributed by atoms with Gasteiger partial charge < -0.3 is 0 Å². The Kier molecular flexibility index (Phi) is 5.28. The Bertz CT molecular complexity index is 1940. The molecule has 0 N–H and O–H groups in total. The normalized spacial score (nSPS) is 13.5. The van der Waals surface area contributed by atoms with Crippen molar-refractivity contribution < 1.29 is 9.59 Å². The van der Waals surface area contributed by atoms with Crippen LogP contribution in [0.3, 0.4) is 0 Å². The molecule has 0 fully saturated rings. The third-order valence-corrected chi connectivity index (χ3v) is 10.7. The van der Waals surface area contributed by atoms with Crippen LogP contribution in [0.2, 0.25) is 0 Å². The number of hydrogen-bond acceptors (Lipinski definition) is 3. The number of benzene rings is 5. The van der Waals surface area contributed by atoms with Crippen LogP contribution >= 0.6 is 0 Å². The maximum atomic E-state index is 13.4. The minimum atomic E-state index is -0.885. The molecule has 40 heavy (non-hydrogen) atoms. The molecule has 2 heterocycles. The van der Waals surface area contributed by atoms with E-state index in [-0.39, 0.29) is 17.1 Å². The van der Waals surface area contributed by atoms with Crippen LogP contribution in [0.1, 0.15) is 24.3 Å². The molecule has 0 bridgehead atoms. The second-order valence-corrected chi connectivity index (χ2v) is 13.2. The predicted octanol–water partition coefficient (Wildman–Crippen LogP) is 8.48. The quantitative estimate of drug-likeness (QED) is 0.110. The van der Waals surface area contributed by atoms with E-state index in [1.165, 1.54) is 26.0 Å². The van der Waals surface area contributed by atoms with Gasteiger partial charge in [0.2, 0.25) is 0 Å². The fourth-order valence-corrected chi connectivity index (χ4v) is 8.73. The first-order valence-electron chi connectivity index (χ1n) is 13.2. The molecule has 2 aliphatic rings. The molecule has 5 aromatic carbocycles. The fraction of sp³-hybridized carbons (Fsp3) is 0. The topological polar surface area (TPSA) is 37.4 Å². The summed E-state index contributed by atoms with van der Waals surface area (Å²) < 4.78 is 2.30. The first-order chi connectivity index (χ1) is 19.7. The average Bonchev–Trinajstić information content (AvgIpc) is 3.51. The van der Waals surface area contributed by atoms with Crippen LogP contribution in [0.5, 0.6) is 0 Å². The number of allylic oxidation sites excluding steroid dienone is 1. The molecule has 0 saturated heterocycles. The van der Waals surface area contributed by atoms with Crippen LogP contribution < -0.4 is 4.90 Å². The Balaban J connectivity index is 1.25. The molecule has 0 atom stereocenters. The predicted molar refractivity (Wildman–Crippen MR) is 163 cm³/mol. The molecule has 1 aliphatic carbocycles. The summed E-state index contributed by atoms with van der Waals surface area (Å²) >= 11 is -0.885. The zero-order chi connectivity index (χ0) is 26.8. The Morgan fingerprint density at radius 2 is 0.975 bits per heavy atom. The van der Waals surface area contributed by atoms with Crippen molar-refractivity contribution in [2.24, 2.45) is 0 Å². The molecule has 1 aliphatic heterocycles. The molecule has 3 nitrogen and oxygen atoms in total. The molecule has 0 spiro atoms. The first kappa shape index (κ1) is 23.4. The summed E-state index contributed by atoms with van der Waals surface area (Å²) in [5.74, 6) is -0.345. The second-order valence-electron chi connectivity index (χ2n) is 10.1. The number of anilines is 3. The summed E-state index contributed by atoms with van der Waals surface area (Å²) in [6, 6.07) is 41.5. The van der Waals surface area contributed by atoms with Gasteiger partial charge in [0.1, 0.15) is 0 Å². The van der Waals surface area contributed by atoms with Crippen molar-refractivity contribution in [1.82, 2.24) is 0 Å². The molecule has 0 amide bonds. The molecule has 4 heteroatoms. The van der Waals surface area contributed by atoms with Gasteiger partial charge in [0.05, 0.1) is 0 Å². The summed E-state index contributed by atoms with van der Waals surface area (Å²) in [5, 5.41) is 1.95. The van der Waals surface area contributed by atoms with Crippen molar-refractivity contribution in [3.05, 3.63) is 142 Å². The third kappa shape index (κ3) is 3.51. The summed E-state index contributed by atoms with van der Waals surface area (Å²) in [4.78, 5) is 29.2. The summed E-state index contributed by atoms with van der Waals surface area (Å²) in [7, 11) is 0. The van der Waals surface area contributed by atoms with Gasteiger partial charge in [-0.15, -0.1) is 0 Å². The Morgan fingerprint density at radius 1 is 0.500 bits per heavy atom. The van der Waals surface area contributed by atoms with Gasteiger partial charge in [0.25, 0.3) is 0 Å². The van der Waals surface area contributed by atoms with Crippen molar-refractivity contribution in [1.29, 1.82) is 0 Å². The van der Waals surface area contributed by atoms with Crippen LogP contribution in [-0.2, 0) is 0 Å². The van der Waals surface area contributed by atoms with Crippen LogP contribution in [0.25, 0.3) is 39.1 Å². The Labute approximate surface area is 241 Å². The zero-order valence-corrected chi connectivity index (χ0v) is 23.6. The fourth-order valence-electron chi connectivity index (χ4n) is 5.94. The van der Waals surface area contributed by atoms with Gasteiger partial charge >= 0.3 is 242 Å². The van der Waals surface area contributed by atoms with E-state index < -0.39 is 20.4 Å². The summed E-state index contributed by atoms with van der Waals surface area (Å²) in [6.45, 7) is 0. The standard InChI is InChI=1S/C36H21NO2Te/c38-35-29-19-22-9-1-2-10-23(22)20-30(29)36(39)31(35)21-24-17-18-34(40-24)37-32-15-7-5-13-27(32)25-11-3-4-12-26(25)28-14-6-8-16-33(28)37/h1-21H. The molecule has 6 aromatic rings. The van der Waals surface area contributed by atoms with Crippen LogP contribution in [0.4, 0.5) is 15.1 Å². The number of nitrogens with zero attached hydrogens (tertiary/aromatic N) is 1. The van der Waals surface area contributed by atoms with Crippen molar-refractivity contribution >= 4 is 63.9 Å². The van der Waals surface area contributed by atoms with Gasteiger partial charge in [0, 0.05) is 0 Å². The molecule has 0 saturated carbocycles. The van der Waals surface area contributed by atoms with E-state index in [0.29, 0.717) is 11.1 Å². The number of carbonyl (C=O) groups excluding carboxylic acids is 2. The number of Topliss-reactive ketones (excluding diaryl/α,β-unsaturated/α-hetero) is 2. The minimum absolute atomic E-state index is 0.173. The van der Waals surface area contributed by atoms with E-state index >= 15 is 0 Å². The van der Waals surface area contributed by atoms with E-state index in [9.17, 15) is 9.59 Å². The average molecular weight is 627 g/mol. The summed E-state index contributed by atoms with van der Waals surface area (Å²) in [5.41, 5.74) is 8.41. The SMILES string of the molecule is O=C1C(=Cc2ccc(N3c4ccccc4-c4ccccc4-c4ccccc43)[te]2)C(=O)c2cc3ccccc3cc21. The third-order valence-electron chi connectivity index (χ3n) is 7.78. The molecule has 0 unspecified atom stereocenters. The van der Waals surface area contributed by atoms with E-state index in [4.69, 9.17) is 0 Å². The van der Waals surface area contributed by atoms with Gasteiger partial charge in [-0.2, -0.15) is 0 Å². The number of carbonyl (C=O) groups is 2. The molecular formula is C36H21NO2Te. The number of ketones is 2. The molecule has 8 rings (SSSR count). The number of fused-ring (bicyclic) bond motifs is 7.